The van der Waals surface area contributed by atoms with Crippen LogP contribution in [0.2, 0.25) is 0 Å². The Kier molecular flexibility index (Phi) is 4.78. The largest absolute Gasteiger partial charge is 0.301 e. The molecule has 1 heterocycles. The SMILES string of the molecule is Cc1ccc(CS(=O)(=O)Nc2ccc(-n3ccnc3C)c(F)c2)c(F)c1. The van der Waals surface area contributed by atoms with Crippen molar-refractivity contribution in [2.75, 3.05) is 4.72 Å². The molecule has 2 aromatic carbocycles. The minimum atomic E-state index is -3.89. The van der Waals surface area contributed by atoms with Gasteiger partial charge in [-0.1, -0.05) is 12.1 Å². The average molecular weight is 377 g/mol. The molecule has 3 rings (SSSR count). The number of benzene rings is 2. The van der Waals surface area contributed by atoms with Gasteiger partial charge in [-0.05, 0) is 37.6 Å². The van der Waals surface area contributed by atoms with Gasteiger partial charge in [0.05, 0.1) is 17.1 Å². The highest BCUT2D eigenvalue weighted by Crippen LogP contribution is 2.21. The van der Waals surface area contributed by atoms with E-state index >= 15 is 0 Å². The van der Waals surface area contributed by atoms with Crippen LogP contribution in [0, 0.1) is 25.5 Å². The summed E-state index contributed by atoms with van der Waals surface area (Å²) in [6, 6.07) is 8.31. The zero-order valence-electron chi connectivity index (χ0n) is 14.2. The Morgan fingerprint density at radius 1 is 1.08 bits per heavy atom. The quantitative estimate of drug-likeness (QED) is 0.737. The Bertz CT molecular complexity index is 1060. The van der Waals surface area contributed by atoms with Crippen molar-refractivity contribution < 1.29 is 17.2 Å². The Morgan fingerprint density at radius 2 is 1.85 bits per heavy atom. The van der Waals surface area contributed by atoms with E-state index in [2.05, 4.69) is 9.71 Å². The van der Waals surface area contributed by atoms with E-state index in [0.29, 0.717) is 11.4 Å². The molecule has 136 valence electrons. The van der Waals surface area contributed by atoms with Crippen molar-refractivity contribution in [1.29, 1.82) is 0 Å². The second-order valence-corrected chi connectivity index (χ2v) is 7.69. The zero-order chi connectivity index (χ0) is 18.9. The van der Waals surface area contributed by atoms with Gasteiger partial charge in [0.1, 0.15) is 17.5 Å². The first-order valence-electron chi connectivity index (χ1n) is 7.80. The topological polar surface area (TPSA) is 64.0 Å². The lowest BCUT2D eigenvalue weighted by Crippen LogP contribution is -2.16. The fourth-order valence-electron chi connectivity index (χ4n) is 2.59. The van der Waals surface area contributed by atoms with Crippen LogP contribution in [0.15, 0.2) is 48.8 Å². The zero-order valence-corrected chi connectivity index (χ0v) is 15.0. The first kappa shape index (κ1) is 18.1. The molecule has 0 atom stereocenters. The summed E-state index contributed by atoms with van der Waals surface area (Å²) >= 11 is 0. The van der Waals surface area contributed by atoms with Crippen LogP contribution in [0.4, 0.5) is 14.5 Å². The summed E-state index contributed by atoms with van der Waals surface area (Å²) < 4.78 is 56.6. The monoisotopic (exact) mass is 377 g/mol. The Hall–Kier alpha value is -2.74. The summed E-state index contributed by atoms with van der Waals surface area (Å²) in [7, 11) is -3.89. The van der Waals surface area contributed by atoms with Crippen LogP contribution in [0.3, 0.4) is 0 Å². The second-order valence-electron chi connectivity index (χ2n) is 5.97. The van der Waals surface area contributed by atoms with Crippen LogP contribution in [-0.2, 0) is 15.8 Å². The third-order valence-electron chi connectivity index (χ3n) is 3.86. The van der Waals surface area contributed by atoms with Crippen LogP contribution in [0.1, 0.15) is 17.0 Å². The van der Waals surface area contributed by atoms with E-state index in [1.165, 1.54) is 24.3 Å². The van der Waals surface area contributed by atoms with Crippen molar-refractivity contribution in [3.05, 3.63) is 77.4 Å². The lowest BCUT2D eigenvalue weighted by molar-refractivity contribution is 0.590. The predicted octanol–water partition coefficient (Wildman–Crippen LogP) is 3.71. The van der Waals surface area contributed by atoms with Gasteiger partial charge in [-0.25, -0.2) is 22.2 Å². The number of imidazole rings is 1. The number of aromatic nitrogens is 2. The first-order chi connectivity index (χ1) is 12.2. The smallest absolute Gasteiger partial charge is 0.237 e. The molecule has 0 saturated heterocycles. The van der Waals surface area contributed by atoms with Crippen LogP contribution in [0.25, 0.3) is 5.69 Å². The van der Waals surface area contributed by atoms with Gasteiger partial charge < -0.3 is 4.57 Å². The molecule has 5 nitrogen and oxygen atoms in total. The number of nitrogens with one attached hydrogen (secondary N) is 1. The third kappa shape index (κ3) is 3.91. The highest BCUT2D eigenvalue weighted by molar-refractivity contribution is 7.91. The standard InChI is InChI=1S/C18H17F2N3O2S/c1-12-3-4-14(16(19)9-12)11-26(24,25)22-15-5-6-18(17(20)10-15)23-8-7-21-13(23)2/h3-10,22H,11H2,1-2H3. The molecule has 0 amide bonds. The van der Waals surface area contributed by atoms with Crippen molar-refractivity contribution in [3.63, 3.8) is 0 Å². The number of rotatable bonds is 5. The summed E-state index contributed by atoms with van der Waals surface area (Å²) in [5, 5.41) is 0. The molecule has 0 fully saturated rings. The fourth-order valence-corrected chi connectivity index (χ4v) is 3.79. The molecule has 1 N–H and O–H groups in total. The number of hydrogen-bond donors (Lipinski definition) is 1. The molecule has 0 saturated carbocycles. The molecule has 0 radical (unpaired) electrons. The average Bonchev–Trinajstić information content (AvgIpc) is 2.96. The van der Waals surface area contributed by atoms with Gasteiger partial charge in [0.15, 0.2) is 0 Å². The van der Waals surface area contributed by atoms with E-state index in [4.69, 9.17) is 0 Å². The summed E-state index contributed by atoms with van der Waals surface area (Å²) in [6.07, 6.45) is 3.15. The Labute approximate surface area is 150 Å². The number of sulfonamides is 1. The van der Waals surface area contributed by atoms with Crippen molar-refractivity contribution in [2.24, 2.45) is 0 Å². The van der Waals surface area contributed by atoms with Gasteiger partial charge in [-0.15, -0.1) is 0 Å². The van der Waals surface area contributed by atoms with Gasteiger partial charge in [-0.3, -0.25) is 4.72 Å². The van der Waals surface area contributed by atoms with E-state index in [1.54, 1.807) is 36.9 Å². The molecule has 0 bridgehead atoms. The molecule has 0 unspecified atom stereocenters. The van der Waals surface area contributed by atoms with E-state index in [1.807, 2.05) is 0 Å². The Balaban J connectivity index is 1.82. The maximum absolute atomic E-state index is 14.4. The molecule has 0 aliphatic rings. The third-order valence-corrected chi connectivity index (χ3v) is 5.10. The van der Waals surface area contributed by atoms with E-state index in [-0.39, 0.29) is 16.9 Å². The number of anilines is 1. The van der Waals surface area contributed by atoms with Crippen LogP contribution >= 0.6 is 0 Å². The Morgan fingerprint density at radius 3 is 2.46 bits per heavy atom. The fraction of sp³-hybridized carbons (Fsp3) is 0.167. The minimum absolute atomic E-state index is 0.0502. The van der Waals surface area contributed by atoms with Crippen molar-refractivity contribution in [1.82, 2.24) is 9.55 Å². The second kappa shape index (κ2) is 6.87. The number of nitrogens with zero attached hydrogens (tertiary/aromatic N) is 2. The molecule has 0 aliphatic heterocycles. The molecular formula is C18H17F2N3O2S. The van der Waals surface area contributed by atoms with Gasteiger partial charge >= 0.3 is 0 Å². The van der Waals surface area contributed by atoms with Gasteiger partial charge in [0, 0.05) is 24.0 Å². The molecule has 0 aliphatic carbocycles. The first-order valence-corrected chi connectivity index (χ1v) is 9.46. The maximum atomic E-state index is 14.4. The molecule has 3 aromatic rings. The summed E-state index contributed by atoms with van der Waals surface area (Å²) in [4.78, 5) is 4.03. The van der Waals surface area contributed by atoms with Crippen molar-refractivity contribution in [2.45, 2.75) is 19.6 Å². The van der Waals surface area contributed by atoms with E-state index < -0.39 is 27.4 Å². The minimum Gasteiger partial charge on any atom is -0.301 e. The molecule has 1 aromatic heterocycles. The normalized spacial score (nSPS) is 11.5. The van der Waals surface area contributed by atoms with E-state index in [0.717, 1.165) is 6.07 Å². The summed E-state index contributed by atoms with van der Waals surface area (Å²) in [5.74, 6) is -1.13. The van der Waals surface area contributed by atoms with E-state index in [9.17, 15) is 17.2 Å². The van der Waals surface area contributed by atoms with Gasteiger partial charge in [0.2, 0.25) is 10.0 Å². The highest BCUT2D eigenvalue weighted by Gasteiger charge is 2.16. The summed E-state index contributed by atoms with van der Waals surface area (Å²) in [5.41, 5.74) is 1.07. The maximum Gasteiger partial charge on any atom is 0.237 e. The molecule has 26 heavy (non-hydrogen) atoms. The van der Waals surface area contributed by atoms with Gasteiger partial charge in [0.25, 0.3) is 0 Å². The van der Waals surface area contributed by atoms with Gasteiger partial charge in [-0.2, -0.15) is 0 Å². The van der Waals surface area contributed by atoms with Crippen LogP contribution in [-0.4, -0.2) is 18.0 Å². The molecular weight excluding hydrogens is 360 g/mol. The number of hydrogen-bond acceptors (Lipinski definition) is 3. The summed E-state index contributed by atoms with van der Waals surface area (Å²) in [6.45, 7) is 3.44. The highest BCUT2D eigenvalue weighted by atomic mass is 32.2. The van der Waals surface area contributed by atoms with Crippen molar-refractivity contribution >= 4 is 15.7 Å². The predicted molar refractivity (Wildman–Crippen MR) is 95.6 cm³/mol. The van der Waals surface area contributed by atoms with Crippen molar-refractivity contribution in [3.8, 4) is 5.69 Å². The number of aryl methyl sites for hydroxylation is 2. The number of halogens is 2. The van der Waals surface area contributed by atoms with Crippen LogP contribution in [0.5, 0.6) is 0 Å². The lowest BCUT2D eigenvalue weighted by atomic mass is 10.2. The van der Waals surface area contributed by atoms with Crippen LogP contribution < -0.4 is 4.72 Å². The molecule has 8 heteroatoms. The lowest BCUT2D eigenvalue weighted by Gasteiger charge is -2.11. The molecule has 0 spiro atoms.